The van der Waals surface area contributed by atoms with Gasteiger partial charge in [0.15, 0.2) is 5.78 Å². The highest BCUT2D eigenvalue weighted by Crippen LogP contribution is 2.18. The van der Waals surface area contributed by atoms with Crippen molar-refractivity contribution in [3.8, 4) is 5.75 Å². The number of carbonyl (C=O) groups excluding carboxylic acids is 1. The average molecular weight is 276 g/mol. The predicted octanol–water partition coefficient (Wildman–Crippen LogP) is 1.90. The fourth-order valence-electron chi connectivity index (χ4n) is 2.50. The maximum atomic E-state index is 11.5. The molecule has 4 nitrogen and oxygen atoms in total. The number of hydrogen-bond acceptors (Lipinski definition) is 4. The molecule has 0 saturated carbocycles. The minimum absolute atomic E-state index is 0.0498. The molecule has 1 atom stereocenters. The van der Waals surface area contributed by atoms with Gasteiger partial charge in [-0.3, -0.25) is 9.69 Å². The molecule has 0 radical (unpaired) electrons. The first-order chi connectivity index (χ1) is 9.58. The molecule has 0 N–H and O–H groups in total. The van der Waals surface area contributed by atoms with E-state index in [0.717, 1.165) is 26.2 Å². The first kappa shape index (κ1) is 15.0. The summed E-state index contributed by atoms with van der Waals surface area (Å²) in [6.07, 6.45) is 0. The summed E-state index contributed by atoms with van der Waals surface area (Å²) < 4.78 is 5.79. The molecule has 0 spiro atoms. The van der Waals surface area contributed by atoms with Crippen LogP contribution in [0.3, 0.4) is 0 Å². The summed E-state index contributed by atoms with van der Waals surface area (Å²) in [5.41, 5.74) is 0.666. The van der Waals surface area contributed by atoms with Crippen molar-refractivity contribution < 1.29 is 9.53 Å². The number of para-hydroxylation sites is 1. The Bertz CT molecular complexity index is 462. The van der Waals surface area contributed by atoms with Gasteiger partial charge in [0.2, 0.25) is 0 Å². The van der Waals surface area contributed by atoms with Gasteiger partial charge in [-0.15, -0.1) is 0 Å². The lowest BCUT2D eigenvalue weighted by atomic mass is 10.1. The van der Waals surface area contributed by atoms with Crippen LogP contribution < -0.4 is 4.74 Å². The first-order valence-electron chi connectivity index (χ1n) is 7.23. The molecule has 1 unspecified atom stereocenters. The quantitative estimate of drug-likeness (QED) is 0.769. The molecule has 1 aliphatic heterocycles. The molecule has 0 bridgehead atoms. The second-order valence-corrected chi connectivity index (χ2v) is 5.53. The van der Waals surface area contributed by atoms with E-state index in [9.17, 15) is 4.79 Å². The van der Waals surface area contributed by atoms with Crippen LogP contribution >= 0.6 is 0 Å². The monoisotopic (exact) mass is 276 g/mol. The van der Waals surface area contributed by atoms with E-state index in [0.29, 0.717) is 24.0 Å². The number of carbonyl (C=O) groups is 1. The molecule has 0 amide bonds. The number of Topliss-reactive ketones (excluding diaryl/α,β-unsaturated/α-hetero) is 1. The average Bonchev–Trinajstić information content (AvgIpc) is 2.43. The van der Waals surface area contributed by atoms with Crippen molar-refractivity contribution >= 4 is 5.78 Å². The van der Waals surface area contributed by atoms with Crippen molar-refractivity contribution in [2.24, 2.45) is 0 Å². The van der Waals surface area contributed by atoms with Crippen LogP contribution in [0, 0.1) is 0 Å². The Morgan fingerprint density at radius 1 is 1.35 bits per heavy atom. The van der Waals surface area contributed by atoms with Crippen molar-refractivity contribution in [1.29, 1.82) is 0 Å². The Morgan fingerprint density at radius 2 is 2.10 bits per heavy atom. The van der Waals surface area contributed by atoms with Gasteiger partial charge in [0.05, 0.1) is 5.56 Å². The van der Waals surface area contributed by atoms with Crippen molar-refractivity contribution in [2.45, 2.75) is 19.9 Å². The molecular weight excluding hydrogens is 252 g/mol. The van der Waals surface area contributed by atoms with Crippen LogP contribution in [0.1, 0.15) is 24.2 Å². The molecule has 1 saturated heterocycles. The Morgan fingerprint density at radius 3 is 2.80 bits per heavy atom. The number of likely N-dealkylation sites (N-methyl/N-ethyl adjacent to an activating group) is 1. The first-order valence-corrected chi connectivity index (χ1v) is 7.23. The fourth-order valence-corrected chi connectivity index (χ4v) is 2.50. The molecule has 0 aliphatic carbocycles. The van der Waals surface area contributed by atoms with Crippen LogP contribution in [0.25, 0.3) is 0 Å². The van der Waals surface area contributed by atoms with Gasteiger partial charge in [0, 0.05) is 32.2 Å². The molecule has 1 aromatic rings. The van der Waals surface area contributed by atoms with E-state index >= 15 is 0 Å². The molecular formula is C16H24N2O2. The van der Waals surface area contributed by atoms with Crippen LogP contribution in [0.2, 0.25) is 0 Å². The zero-order valence-electron chi connectivity index (χ0n) is 12.6. The highest BCUT2D eigenvalue weighted by atomic mass is 16.5. The van der Waals surface area contributed by atoms with Crippen LogP contribution in [0.4, 0.5) is 0 Å². The topological polar surface area (TPSA) is 32.8 Å². The largest absolute Gasteiger partial charge is 0.491 e. The number of hydrogen-bond donors (Lipinski definition) is 0. The van der Waals surface area contributed by atoms with Crippen molar-refractivity contribution in [2.75, 3.05) is 39.8 Å². The van der Waals surface area contributed by atoms with Gasteiger partial charge in [-0.05, 0) is 33.0 Å². The number of benzene rings is 1. The second kappa shape index (κ2) is 6.86. The molecule has 1 aliphatic rings. The summed E-state index contributed by atoms with van der Waals surface area (Å²) in [6.45, 7) is 8.62. The second-order valence-electron chi connectivity index (χ2n) is 5.53. The Balaban J connectivity index is 1.83. The van der Waals surface area contributed by atoms with E-state index in [-0.39, 0.29) is 5.78 Å². The van der Waals surface area contributed by atoms with Gasteiger partial charge in [-0.25, -0.2) is 0 Å². The summed E-state index contributed by atoms with van der Waals surface area (Å²) in [6, 6.07) is 8.04. The van der Waals surface area contributed by atoms with Gasteiger partial charge in [-0.1, -0.05) is 12.1 Å². The number of ether oxygens (including phenoxy) is 1. The number of nitrogens with zero attached hydrogens (tertiary/aromatic N) is 2. The van der Waals surface area contributed by atoms with Crippen LogP contribution in [-0.2, 0) is 0 Å². The third-order valence-corrected chi connectivity index (χ3v) is 3.98. The number of ketones is 1. The molecule has 1 aromatic carbocycles. The normalized spacial score (nSPS) is 20.9. The maximum absolute atomic E-state index is 11.5. The standard InChI is InChI=1S/C16H24N2O2/c1-13-12-18(9-8-17(13)3)10-11-20-16-7-5-4-6-15(16)14(2)19/h4-7,13H,8-12H2,1-3H3. The SMILES string of the molecule is CC(=O)c1ccccc1OCCN1CCN(C)C(C)C1. The van der Waals surface area contributed by atoms with Crippen LogP contribution in [0.5, 0.6) is 5.75 Å². The summed E-state index contributed by atoms with van der Waals surface area (Å²) in [4.78, 5) is 16.3. The van der Waals surface area contributed by atoms with Gasteiger partial charge in [-0.2, -0.15) is 0 Å². The van der Waals surface area contributed by atoms with E-state index in [2.05, 4.69) is 23.8 Å². The maximum Gasteiger partial charge on any atom is 0.163 e. The minimum atomic E-state index is 0.0498. The van der Waals surface area contributed by atoms with E-state index in [1.807, 2.05) is 24.3 Å². The summed E-state index contributed by atoms with van der Waals surface area (Å²) >= 11 is 0. The summed E-state index contributed by atoms with van der Waals surface area (Å²) in [5, 5.41) is 0. The highest BCUT2D eigenvalue weighted by Gasteiger charge is 2.20. The molecule has 2 rings (SSSR count). The molecule has 4 heteroatoms. The van der Waals surface area contributed by atoms with Crippen LogP contribution in [0.15, 0.2) is 24.3 Å². The lowest BCUT2D eigenvalue weighted by Gasteiger charge is -2.37. The third-order valence-electron chi connectivity index (χ3n) is 3.98. The van der Waals surface area contributed by atoms with E-state index in [1.54, 1.807) is 6.92 Å². The number of rotatable bonds is 5. The smallest absolute Gasteiger partial charge is 0.163 e. The van der Waals surface area contributed by atoms with Crippen LogP contribution in [-0.4, -0.2) is 61.5 Å². The Kier molecular flexibility index (Phi) is 5.15. The molecule has 0 aromatic heterocycles. The molecule has 20 heavy (non-hydrogen) atoms. The lowest BCUT2D eigenvalue weighted by Crippen LogP contribution is -2.50. The zero-order valence-corrected chi connectivity index (χ0v) is 12.6. The van der Waals surface area contributed by atoms with Gasteiger partial charge in [0.1, 0.15) is 12.4 Å². The highest BCUT2D eigenvalue weighted by molar-refractivity contribution is 5.96. The van der Waals surface area contributed by atoms with E-state index in [4.69, 9.17) is 4.74 Å². The molecule has 1 heterocycles. The van der Waals surface area contributed by atoms with E-state index in [1.165, 1.54) is 0 Å². The van der Waals surface area contributed by atoms with Gasteiger partial charge in [0.25, 0.3) is 0 Å². The predicted molar refractivity (Wildman–Crippen MR) is 80.5 cm³/mol. The molecule has 110 valence electrons. The van der Waals surface area contributed by atoms with Crippen molar-refractivity contribution in [1.82, 2.24) is 9.80 Å². The fraction of sp³-hybridized carbons (Fsp3) is 0.562. The Hall–Kier alpha value is -1.39. The Labute approximate surface area is 121 Å². The number of piperazine rings is 1. The summed E-state index contributed by atoms with van der Waals surface area (Å²) in [7, 11) is 2.17. The lowest BCUT2D eigenvalue weighted by molar-refractivity contribution is 0.0919. The third kappa shape index (κ3) is 3.81. The van der Waals surface area contributed by atoms with E-state index < -0.39 is 0 Å². The van der Waals surface area contributed by atoms with Gasteiger partial charge < -0.3 is 9.64 Å². The minimum Gasteiger partial charge on any atom is -0.491 e. The molecule has 1 fully saturated rings. The van der Waals surface area contributed by atoms with Gasteiger partial charge >= 0.3 is 0 Å². The zero-order chi connectivity index (χ0) is 14.5. The van der Waals surface area contributed by atoms with Crippen molar-refractivity contribution in [3.63, 3.8) is 0 Å². The van der Waals surface area contributed by atoms with Crippen molar-refractivity contribution in [3.05, 3.63) is 29.8 Å². The summed E-state index contributed by atoms with van der Waals surface area (Å²) in [5.74, 6) is 0.746.